The van der Waals surface area contributed by atoms with Crippen molar-refractivity contribution in [3.05, 3.63) is 0 Å². The van der Waals surface area contributed by atoms with E-state index in [-0.39, 0.29) is 12.4 Å². The minimum Gasteiger partial charge on any atom is -0.317 e. The molecular formula is C12H24ClNS. The summed E-state index contributed by atoms with van der Waals surface area (Å²) in [5.74, 6) is 2.45. The fourth-order valence-electron chi connectivity index (χ4n) is 2.55. The van der Waals surface area contributed by atoms with Crippen LogP contribution in [0.4, 0.5) is 0 Å². The summed E-state index contributed by atoms with van der Waals surface area (Å²) in [7, 11) is 0. The average Bonchev–Trinajstić information content (AvgIpc) is 2.29. The van der Waals surface area contributed by atoms with Crippen molar-refractivity contribution in [2.75, 3.05) is 18.8 Å². The molecule has 1 aliphatic carbocycles. The zero-order chi connectivity index (χ0) is 9.64. The maximum atomic E-state index is 3.44. The molecule has 0 bridgehead atoms. The van der Waals surface area contributed by atoms with Crippen LogP contribution in [0, 0.1) is 5.92 Å². The molecule has 1 aliphatic heterocycles. The van der Waals surface area contributed by atoms with Gasteiger partial charge in [-0.3, -0.25) is 0 Å². The second-order valence-electron chi connectivity index (χ2n) is 4.79. The number of rotatable bonds is 3. The number of piperidine rings is 1. The minimum absolute atomic E-state index is 0. The minimum atomic E-state index is 0. The van der Waals surface area contributed by atoms with Gasteiger partial charge in [0, 0.05) is 5.25 Å². The molecule has 2 aliphatic rings. The van der Waals surface area contributed by atoms with Crippen LogP contribution >= 0.6 is 24.2 Å². The van der Waals surface area contributed by atoms with Gasteiger partial charge in [0.2, 0.25) is 0 Å². The van der Waals surface area contributed by atoms with Gasteiger partial charge in [0.1, 0.15) is 0 Å². The largest absolute Gasteiger partial charge is 0.317 e. The maximum absolute atomic E-state index is 3.44. The van der Waals surface area contributed by atoms with E-state index in [1.165, 1.54) is 63.8 Å². The Morgan fingerprint density at radius 2 is 1.60 bits per heavy atom. The maximum Gasteiger partial charge on any atom is 0.00471 e. The third-order valence-corrected chi connectivity index (χ3v) is 5.19. The van der Waals surface area contributed by atoms with Gasteiger partial charge >= 0.3 is 0 Å². The predicted octanol–water partition coefficient (Wildman–Crippen LogP) is 3.47. The van der Waals surface area contributed by atoms with Crippen molar-refractivity contribution < 1.29 is 0 Å². The molecule has 90 valence electrons. The Labute approximate surface area is 105 Å². The highest BCUT2D eigenvalue weighted by Gasteiger charge is 2.17. The van der Waals surface area contributed by atoms with Gasteiger partial charge in [-0.2, -0.15) is 11.8 Å². The normalized spacial score (nSPS) is 24.8. The lowest BCUT2D eigenvalue weighted by Gasteiger charge is -2.26. The van der Waals surface area contributed by atoms with Crippen LogP contribution in [0.25, 0.3) is 0 Å². The molecule has 1 saturated carbocycles. The molecule has 15 heavy (non-hydrogen) atoms. The van der Waals surface area contributed by atoms with E-state index in [2.05, 4.69) is 17.1 Å². The summed E-state index contributed by atoms with van der Waals surface area (Å²) in [6.07, 6.45) is 10.3. The highest BCUT2D eigenvalue weighted by atomic mass is 35.5. The summed E-state index contributed by atoms with van der Waals surface area (Å²) in [4.78, 5) is 0. The molecule has 0 atom stereocenters. The van der Waals surface area contributed by atoms with Crippen molar-refractivity contribution in [1.29, 1.82) is 0 Å². The van der Waals surface area contributed by atoms with Crippen molar-refractivity contribution in [2.45, 2.75) is 50.2 Å². The quantitative estimate of drug-likeness (QED) is 0.822. The lowest BCUT2D eigenvalue weighted by molar-refractivity contribution is 0.406. The van der Waals surface area contributed by atoms with Gasteiger partial charge in [-0.05, 0) is 50.4 Å². The number of nitrogens with one attached hydrogen (secondary N) is 1. The Bertz CT molecular complexity index is 136. The number of thioether (sulfide) groups is 1. The molecule has 1 N–H and O–H groups in total. The standard InChI is InChI=1S/C12H23NS.ClH/c1-2-4-12(5-3-1)14-10-11-6-8-13-9-7-11;/h11-13H,1-10H2;1H. The first-order chi connectivity index (χ1) is 6.95. The molecule has 0 aromatic rings. The SMILES string of the molecule is C1CCC(SCC2CCNCC2)CC1.Cl. The van der Waals surface area contributed by atoms with E-state index in [1.54, 1.807) is 0 Å². The summed E-state index contributed by atoms with van der Waals surface area (Å²) in [6.45, 7) is 2.52. The summed E-state index contributed by atoms with van der Waals surface area (Å²) in [5, 5.41) is 4.46. The van der Waals surface area contributed by atoms with E-state index in [9.17, 15) is 0 Å². The molecule has 0 aromatic heterocycles. The van der Waals surface area contributed by atoms with Gasteiger partial charge < -0.3 is 5.32 Å². The van der Waals surface area contributed by atoms with Gasteiger partial charge in [-0.1, -0.05) is 19.3 Å². The van der Waals surface area contributed by atoms with Crippen molar-refractivity contribution >= 4 is 24.2 Å². The Morgan fingerprint density at radius 3 is 2.27 bits per heavy atom. The van der Waals surface area contributed by atoms with Crippen molar-refractivity contribution in [3.63, 3.8) is 0 Å². The Kier molecular flexibility index (Phi) is 7.11. The van der Waals surface area contributed by atoms with E-state index in [4.69, 9.17) is 0 Å². The summed E-state index contributed by atoms with van der Waals surface area (Å²) in [6, 6.07) is 0. The molecule has 0 unspecified atom stereocenters. The van der Waals surface area contributed by atoms with E-state index in [0.29, 0.717) is 0 Å². The van der Waals surface area contributed by atoms with Gasteiger partial charge in [0.05, 0.1) is 0 Å². The van der Waals surface area contributed by atoms with Crippen LogP contribution in [-0.4, -0.2) is 24.1 Å². The molecule has 0 aromatic carbocycles. The van der Waals surface area contributed by atoms with Gasteiger partial charge in [-0.15, -0.1) is 12.4 Å². The first-order valence-electron chi connectivity index (χ1n) is 6.27. The molecule has 3 heteroatoms. The van der Waals surface area contributed by atoms with Crippen LogP contribution in [0.1, 0.15) is 44.9 Å². The Hall–Kier alpha value is 0.600. The van der Waals surface area contributed by atoms with Crippen molar-refractivity contribution in [2.24, 2.45) is 5.92 Å². The number of halogens is 1. The van der Waals surface area contributed by atoms with E-state index in [0.717, 1.165) is 11.2 Å². The third-order valence-electron chi connectivity index (χ3n) is 3.58. The Morgan fingerprint density at radius 1 is 0.933 bits per heavy atom. The second-order valence-corrected chi connectivity index (χ2v) is 6.12. The van der Waals surface area contributed by atoms with Crippen LogP contribution in [0.2, 0.25) is 0 Å². The monoisotopic (exact) mass is 249 g/mol. The molecule has 1 nitrogen and oxygen atoms in total. The van der Waals surface area contributed by atoms with E-state index >= 15 is 0 Å². The van der Waals surface area contributed by atoms with Gasteiger partial charge in [0.25, 0.3) is 0 Å². The fourth-order valence-corrected chi connectivity index (χ4v) is 4.10. The molecule has 0 radical (unpaired) electrons. The third kappa shape index (κ3) is 4.97. The predicted molar refractivity (Wildman–Crippen MR) is 72.2 cm³/mol. The molecule has 2 rings (SSSR count). The molecule has 0 amide bonds. The van der Waals surface area contributed by atoms with E-state index in [1.807, 2.05) is 0 Å². The van der Waals surface area contributed by atoms with Crippen LogP contribution in [0.3, 0.4) is 0 Å². The van der Waals surface area contributed by atoms with Crippen LogP contribution in [-0.2, 0) is 0 Å². The highest BCUT2D eigenvalue weighted by Crippen LogP contribution is 2.30. The second kappa shape index (κ2) is 7.81. The lowest BCUT2D eigenvalue weighted by Crippen LogP contribution is -2.29. The molecule has 0 spiro atoms. The van der Waals surface area contributed by atoms with Crippen molar-refractivity contribution in [1.82, 2.24) is 5.32 Å². The topological polar surface area (TPSA) is 12.0 Å². The first-order valence-corrected chi connectivity index (χ1v) is 7.32. The molecule has 1 saturated heterocycles. The summed E-state index contributed by atoms with van der Waals surface area (Å²) < 4.78 is 0. The van der Waals surface area contributed by atoms with Crippen LogP contribution < -0.4 is 5.32 Å². The smallest absolute Gasteiger partial charge is 0.00471 e. The van der Waals surface area contributed by atoms with Crippen LogP contribution in [0.5, 0.6) is 0 Å². The zero-order valence-corrected chi connectivity index (χ0v) is 11.2. The Balaban J connectivity index is 0.00000112. The van der Waals surface area contributed by atoms with Gasteiger partial charge in [-0.25, -0.2) is 0 Å². The summed E-state index contributed by atoms with van der Waals surface area (Å²) in [5.41, 5.74) is 0. The fraction of sp³-hybridized carbons (Fsp3) is 1.00. The molecule has 1 heterocycles. The zero-order valence-electron chi connectivity index (χ0n) is 9.54. The van der Waals surface area contributed by atoms with Gasteiger partial charge in [0.15, 0.2) is 0 Å². The molecule has 2 fully saturated rings. The van der Waals surface area contributed by atoms with Crippen molar-refractivity contribution in [3.8, 4) is 0 Å². The van der Waals surface area contributed by atoms with Crippen LogP contribution in [0.15, 0.2) is 0 Å². The number of hydrogen-bond donors (Lipinski definition) is 1. The van der Waals surface area contributed by atoms with E-state index < -0.39 is 0 Å². The molecular weight excluding hydrogens is 226 g/mol. The summed E-state index contributed by atoms with van der Waals surface area (Å²) >= 11 is 2.28. The highest BCUT2D eigenvalue weighted by molar-refractivity contribution is 7.99. The number of hydrogen-bond acceptors (Lipinski definition) is 2. The lowest BCUT2D eigenvalue weighted by atomic mass is 10.0. The first kappa shape index (κ1) is 13.7. The average molecular weight is 250 g/mol.